The van der Waals surface area contributed by atoms with Crippen LogP contribution in [0.2, 0.25) is 0 Å². The highest BCUT2D eigenvalue weighted by atomic mass is 16.5. The average molecular weight is 253 g/mol. The molecule has 1 aliphatic rings. The van der Waals surface area contributed by atoms with Crippen molar-refractivity contribution in [3.05, 3.63) is 11.8 Å². The molecule has 18 heavy (non-hydrogen) atoms. The van der Waals surface area contributed by atoms with E-state index in [4.69, 9.17) is 10.6 Å². The summed E-state index contributed by atoms with van der Waals surface area (Å²) >= 11 is 0. The number of nitrogens with zero attached hydrogens (tertiary/aromatic N) is 2. The van der Waals surface area contributed by atoms with E-state index >= 15 is 0 Å². The Hall–Kier alpha value is -1.44. The third-order valence-electron chi connectivity index (χ3n) is 3.01. The first-order chi connectivity index (χ1) is 8.61. The fraction of sp³-hybridized carbons (Fsp3) is 0.636. The summed E-state index contributed by atoms with van der Waals surface area (Å²) in [5, 5.41) is 13.4. The van der Waals surface area contributed by atoms with Gasteiger partial charge in [0.2, 0.25) is 5.95 Å². The minimum absolute atomic E-state index is 0.358. The number of aromatic nitrogens is 2. The van der Waals surface area contributed by atoms with Crippen LogP contribution in [0.5, 0.6) is 0 Å². The summed E-state index contributed by atoms with van der Waals surface area (Å²) in [5.74, 6) is 6.29. The lowest BCUT2D eigenvalue weighted by molar-refractivity contribution is -0.0543. The Kier molecular flexibility index (Phi) is 3.95. The Morgan fingerprint density at radius 3 is 2.83 bits per heavy atom. The van der Waals surface area contributed by atoms with Gasteiger partial charge < -0.3 is 15.2 Å². The molecule has 7 nitrogen and oxygen atoms in total. The lowest BCUT2D eigenvalue weighted by Gasteiger charge is -2.32. The van der Waals surface area contributed by atoms with E-state index in [1.807, 2.05) is 13.0 Å². The molecular weight excluding hydrogens is 234 g/mol. The van der Waals surface area contributed by atoms with Gasteiger partial charge in [-0.2, -0.15) is 4.98 Å². The number of hydrogen-bond donors (Lipinski definition) is 4. The number of anilines is 2. The van der Waals surface area contributed by atoms with Crippen molar-refractivity contribution >= 4 is 11.8 Å². The van der Waals surface area contributed by atoms with Crippen LogP contribution in [0.4, 0.5) is 11.8 Å². The highest BCUT2D eigenvalue weighted by Gasteiger charge is 2.29. The molecule has 1 saturated heterocycles. The summed E-state index contributed by atoms with van der Waals surface area (Å²) in [6.45, 7) is 3.49. The van der Waals surface area contributed by atoms with Gasteiger partial charge in [0, 0.05) is 44.4 Å². The second-order valence-corrected chi connectivity index (χ2v) is 4.55. The zero-order valence-corrected chi connectivity index (χ0v) is 10.4. The van der Waals surface area contributed by atoms with Crippen LogP contribution in [0.25, 0.3) is 0 Å². The molecule has 7 heteroatoms. The van der Waals surface area contributed by atoms with E-state index in [-0.39, 0.29) is 0 Å². The highest BCUT2D eigenvalue weighted by Crippen LogP contribution is 2.21. The van der Waals surface area contributed by atoms with Crippen molar-refractivity contribution < 1.29 is 9.84 Å². The van der Waals surface area contributed by atoms with E-state index in [9.17, 15) is 5.11 Å². The van der Waals surface area contributed by atoms with Crippen molar-refractivity contribution in [2.45, 2.75) is 25.4 Å². The van der Waals surface area contributed by atoms with E-state index in [1.165, 1.54) is 0 Å². The van der Waals surface area contributed by atoms with Crippen LogP contribution < -0.4 is 16.6 Å². The summed E-state index contributed by atoms with van der Waals surface area (Å²) < 4.78 is 5.23. The number of hydrazine groups is 1. The predicted octanol–water partition coefficient (Wildman–Crippen LogP) is 0.0240. The summed E-state index contributed by atoms with van der Waals surface area (Å²) in [5.41, 5.74) is 2.49. The fourth-order valence-electron chi connectivity index (χ4n) is 1.91. The molecule has 0 saturated carbocycles. The maximum atomic E-state index is 10.3. The van der Waals surface area contributed by atoms with Gasteiger partial charge >= 0.3 is 0 Å². The molecule has 1 fully saturated rings. The SMILES string of the molecule is Cc1cc(NCC2(O)CCOCC2)nc(NN)n1. The molecule has 0 bridgehead atoms. The zero-order chi connectivity index (χ0) is 13.0. The van der Waals surface area contributed by atoms with Crippen molar-refractivity contribution in [2.75, 3.05) is 30.5 Å². The minimum atomic E-state index is -0.729. The van der Waals surface area contributed by atoms with Crippen LogP contribution in [-0.4, -0.2) is 40.4 Å². The number of hydrogen-bond acceptors (Lipinski definition) is 7. The molecule has 0 aliphatic carbocycles. The summed E-state index contributed by atoms with van der Waals surface area (Å²) in [6.07, 6.45) is 1.26. The lowest BCUT2D eigenvalue weighted by atomic mass is 9.94. The van der Waals surface area contributed by atoms with E-state index < -0.39 is 5.60 Å². The summed E-state index contributed by atoms with van der Waals surface area (Å²) in [6, 6.07) is 1.81. The van der Waals surface area contributed by atoms with Gasteiger partial charge in [0.15, 0.2) is 0 Å². The molecule has 2 heterocycles. The van der Waals surface area contributed by atoms with Gasteiger partial charge in [-0.3, -0.25) is 5.43 Å². The Bertz CT molecular complexity index is 406. The molecule has 0 atom stereocenters. The van der Waals surface area contributed by atoms with Gasteiger partial charge in [0.1, 0.15) is 5.82 Å². The largest absolute Gasteiger partial charge is 0.388 e. The number of aliphatic hydroxyl groups is 1. The molecule has 0 unspecified atom stereocenters. The van der Waals surface area contributed by atoms with Gasteiger partial charge in [-0.05, 0) is 6.92 Å². The number of rotatable bonds is 4. The van der Waals surface area contributed by atoms with Crippen LogP contribution in [0, 0.1) is 6.92 Å². The lowest BCUT2D eigenvalue weighted by Crippen LogP contribution is -2.42. The van der Waals surface area contributed by atoms with Gasteiger partial charge in [-0.25, -0.2) is 10.8 Å². The van der Waals surface area contributed by atoms with Crippen LogP contribution in [0.3, 0.4) is 0 Å². The van der Waals surface area contributed by atoms with Crippen molar-refractivity contribution in [3.8, 4) is 0 Å². The minimum Gasteiger partial charge on any atom is -0.388 e. The number of nitrogen functional groups attached to an aromatic ring is 1. The average Bonchev–Trinajstić information content (AvgIpc) is 2.37. The van der Waals surface area contributed by atoms with Crippen molar-refractivity contribution in [2.24, 2.45) is 5.84 Å². The number of nitrogens with one attached hydrogen (secondary N) is 2. The van der Waals surface area contributed by atoms with Crippen LogP contribution in [0.15, 0.2) is 6.07 Å². The molecule has 0 spiro atoms. The maximum absolute atomic E-state index is 10.3. The second kappa shape index (κ2) is 5.47. The first kappa shape index (κ1) is 13.0. The molecule has 0 aromatic carbocycles. The fourth-order valence-corrected chi connectivity index (χ4v) is 1.91. The van der Waals surface area contributed by atoms with Gasteiger partial charge in [-0.15, -0.1) is 0 Å². The Labute approximate surface area is 106 Å². The van der Waals surface area contributed by atoms with E-state index in [0.29, 0.717) is 44.4 Å². The first-order valence-corrected chi connectivity index (χ1v) is 5.98. The Morgan fingerprint density at radius 2 is 2.17 bits per heavy atom. The normalized spacial score (nSPS) is 18.4. The van der Waals surface area contributed by atoms with E-state index in [1.54, 1.807) is 0 Å². The molecular formula is C11H19N5O2. The third-order valence-corrected chi connectivity index (χ3v) is 3.01. The van der Waals surface area contributed by atoms with Crippen LogP contribution >= 0.6 is 0 Å². The van der Waals surface area contributed by atoms with Crippen LogP contribution in [0.1, 0.15) is 18.5 Å². The Balaban J connectivity index is 1.98. The predicted molar refractivity (Wildman–Crippen MR) is 68.1 cm³/mol. The number of ether oxygens (including phenoxy) is 1. The highest BCUT2D eigenvalue weighted by molar-refractivity contribution is 5.41. The van der Waals surface area contributed by atoms with Gasteiger partial charge in [-0.1, -0.05) is 0 Å². The zero-order valence-electron chi connectivity index (χ0n) is 10.4. The van der Waals surface area contributed by atoms with Crippen molar-refractivity contribution in [1.82, 2.24) is 9.97 Å². The van der Waals surface area contributed by atoms with Crippen LogP contribution in [-0.2, 0) is 4.74 Å². The number of nitrogens with two attached hydrogens (primary N) is 1. The van der Waals surface area contributed by atoms with E-state index in [2.05, 4.69) is 20.7 Å². The quantitative estimate of drug-likeness (QED) is 0.443. The molecule has 1 aromatic heterocycles. The van der Waals surface area contributed by atoms with Crippen molar-refractivity contribution in [1.29, 1.82) is 0 Å². The maximum Gasteiger partial charge on any atom is 0.239 e. The molecule has 5 N–H and O–H groups in total. The monoisotopic (exact) mass is 253 g/mol. The molecule has 100 valence electrons. The standard InChI is InChI=1S/C11H19N5O2/c1-8-6-9(15-10(14-8)16-12)13-7-11(17)2-4-18-5-3-11/h6,17H,2-5,7,12H2,1H3,(H2,13,14,15,16). The van der Waals surface area contributed by atoms with Gasteiger partial charge in [0.25, 0.3) is 0 Å². The third kappa shape index (κ3) is 3.28. The molecule has 1 aliphatic heterocycles. The summed E-state index contributed by atoms with van der Waals surface area (Å²) in [4.78, 5) is 8.26. The first-order valence-electron chi connectivity index (χ1n) is 5.98. The van der Waals surface area contributed by atoms with Crippen molar-refractivity contribution in [3.63, 3.8) is 0 Å². The Morgan fingerprint density at radius 1 is 1.44 bits per heavy atom. The second-order valence-electron chi connectivity index (χ2n) is 4.55. The molecule has 1 aromatic rings. The summed E-state index contributed by atoms with van der Waals surface area (Å²) in [7, 11) is 0. The molecule has 2 rings (SSSR count). The number of aryl methyl sites for hydroxylation is 1. The van der Waals surface area contributed by atoms with Gasteiger partial charge in [0.05, 0.1) is 5.60 Å². The van der Waals surface area contributed by atoms with E-state index in [0.717, 1.165) is 5.69 Å². The topological polar surface area (TPSA) is 105 Å². The molecule has 0 radical (unpaired) electrons. The molecule has 0 amide bonds. The smallest absolute Gasteiger partial charge is 0.239 e.